The van der Waals surface area contributed by atoms with Crippen molar-refractivity contribution < 1.29 is 4.79 Å². The first-order chi connectivity index (χ1) is 10.6. The molecule has 1 aliphatic rings. The first kappa shape index (κ1) is 15.1. The molecule has 2 aromatic carbocycles. The quantitative estimate of drug-likeness (QED) is 0.660. The van der Waals surface area contributed by atoms with Gasteiger partial charge in [0.15, 0.2) is 0 Å². The molecule has 0 heterocycles. The van der Waals surface area contributed by atoms with E-state index in [1.54, 1.807) is 24.4 Å². The van der Waals surface area contributed by atoms with Crippen LogP contribution in [-0.4, -0.2) is 12.1 Å². The Bertz CT molecular complexity index is 716. The van der Waals surface area contributed by atoms with Gasteiger partial charge in [-0.15, -0.1) is 0 Å². The molecule has 0 aromatic heterocycles. The van der Waals surface area contributed by atoms with Crippen LogP contribution < -0.4 is 5.43 Å². The molecule has 0 bridgehead atoms. The van der Waals surface area contributed by atoms with Crippen molar-refractivity contribution in [3.63, 3.8) is 0 Å². The van der Waals surface area contributed by atoms with Crippen LogP contribution in [0.2, 0.25) is 10.0 Å². The van der Waals surface area contributed by atoms with Crippen molar-refractivity contribution >= 4 is 35.3 Å². The van der Waals surface area contributed by atoms with Crippen molar-refractivity contribution in [3.8, 4) is 0 Å². The topological polar surface area (TPSA) is 41.5 Å². The van der Waals surface area contributed by atoms with Crippen LogP contribution in [0.4, 0.5) is 0 Å². The van der Waals surface area contributed by atoms with E-state index in [1.807, 2.05) is 18.2 Å². The number of nitrogens with one attached hydrogen (secondary N) is 1. The lowest BCUT2D eigenvalue weighted by atomic mass is 10.1. The van der Waals surface area contributed by atoms with E-state index in [2.05, 4.69) is 22.7 Å². The smallest absolute Gasteiger partial charge is 0.243 e. The van der Waals surface area contributed by atoms with Crippen molar-refractivity contribution in [1.29, 1.82) is 0 Å². The molecule has 0 radical (unpaired) electrons. The summed E-state index contributed by atoms with van der Waals surface area (Å²) in [7, 11) is 0. The molecule has 0 saturated heterocycles. The Morgan fingerprint density at radius 3 is 2.64 bits per heavy atom. The van der Waals surface area contributed by atoms with Crippen molar-refractivity contribution in [3.05, 3.63) is 69.7 Å². The molecule has 3 nitrogen and oxygen atoms in total. The molecule has 0 spiro atoms. The maximum absolute atomic E-state index is 12.0. The van der Waals surface area contributed by atoms with Gasteiger partial charge in [-0.2, -0.15) is 5.10 Å². The Hall–Kier alpha value is -1.84. The second-order valence-electron chi connectivity index (χ2n) is 5.27. The van der Waals surface area contributed by atoms with Gasteiger partial charge in [-0.25, -0.2) is 5.43 Å². The second-order valence-corrected chi connectivity index (χ2v) is 6.08. The number of nitrogens with zero attached hydrogens (tertiary/aromatic N) is 1. The van der Waals surface area contributed by atoms with Crippen LogP contribution in [0.3, 0.4) is 0 Å². The summed E-state index contributed by atoms with van der Waals surface area (Å²) in [5.74, 6) is 0.264. The number of hydrazone groups is 1. The first-order valence-electron chi connectivity index (χ1n) is 6.98. The lowest BCUT2D eigenvalue weighted by Crippen LogP contribution is -2.20. The average molecular weight is 333 g/mol. The molecule has 112 valence electrons. The van der Waals surface area contributed by atoms with Crippen LogP contribution in [0.5, 0.6) is 0 Å². The van der Waals surface area contributed by atoms with Gasteiger partial charge in [-0.05, 0) is 35.6 Å². The third-order valence-corrected chi connectivity index (χ3v) is 4.43. The molecule has 1 amide bonds. The van der Waals surface area contributed by atoms with Gasteiger partial charge in [0, 0.05) is 5.92 Å². The molecule has 1 saturated carbocycles. The van der Waals surface area contributed by atoms with Crippen molar-refractivity contribution in [2.45, 2.75) is 12.3 Å². The predicted molar refractivity (Wildman–Crippen MR) is 89.5 cm³/mol. The highest BCUT2D eigenvalue weighted by atomic mass is 35.5. The number of carbonyl (C=O) groups excluding carboxylic acids is 1. The second kappa shape index (κ2) is 6.51. The Kier molecular flexibility index (Phi) is 4.46. The van der Waals surface area contributed by atoms with E-state index in [9.17, 15) is 4.79 Å². The zero-order valence-corrected chi connectivity index (χ0v) is 13.2. The third kappa shape index (κ3) is 3.49. The van der Waals surface area contributed by atoms with E-state index in [1.165, 1.54) is 5.56 Å². The highest BCUT2D eigenvalue weighted by molar-refractivity contribution is 6.42. The fourth-order valence-electron chi connectivity index (χ4n) is 2.40. The number of carbonyl (C=O) groups is 1. The van der Waals surface area contributed by atoms with E-state index >= 15 is 0 Å². The molecule has 2 atom stereocenters. The van der Waals surface area contributed by atoms with Crippen molar-refractivity contribution in [1.82, 2.24) is 5.43 Å². The Labute approximate surface area is 138 Å². The van der Waals surface area contributed by atoms with Gasteiger partial charge in [0.05, 0.1) is 16.3 Å². The Morgan fingerprint density at radius 1 is 1.14 bits per heavy atom. The normalized spacial score (nSPS) is 20.1. The highest BCUT2D eigenvalue weighted by Gasteiger charge is 2.43. The molecule has 5 heteroatoms. The highest BCUT2D eigenvalue weighted by Crippen LogP contribution is 2.47. The van der Waals surface area contributed by atoms with E-state index < -0.39 is 0 Å². The molecule has 3 rings (SSSR count). The number of hydrogen-bond acceptors (Lipinski definition) is 2. The van der Waals surface area contributed by atoms with Crippen molar-refractivity contribution in [2.75, 3.05) is 0 Å². The van der Waals surface area contributed by atoms with E-state index in [0.717, 1.165) is 12.0 Å². The number of hydrogen-bond donors (Lipinski definition) is 1. The maximum atomic E-state index is 12.0. The minimum atomic E-state index is -0.0508. The summed E-state index contributed by atoms with van der Waals surface area (Å²) < 4.78 is 0. The molecule has 1 N–H and O–H groups in total. The van der Waals surface area contributed by atoms with Gasteiger partial charge in [0.2, 0.25) is 5.91 Å². The zero-order valence-electron chi connectivity index (χ0n) is 11.7. The third-order valence-electron chi connectivity index (χ3n) is 3.69. The summed E-state index contributed by atoms with van der Waals surface area (Å²) in [6, 6.07) is 15.2. The molecule has 1 fully saturated rings. The fraction of sp³-hybridized carbons (Fsp3) is 0.176. The molecular weight excluding hydrogens is 319 g/mol. The zero-order chi connectivity index (χ0) is 15.5. The molecule has 2 aromatic rings. The average Bonchev–Trinajstić information content (AvgIpc) is 3.32. The summed E-state index contributed by atoms with van der Waals surface area (Å²) in [5, 5.41) is 4.93. The van der Waals surface area contributed by atoms with Gasteiger partial charge in [-0.1, -0.05) is 59.6 Å². The summed E-state index contributed by atoms with van der Waals surface area (Å²) in [5.41, 5.74) is 4.57. The van der Waals surface area contributed by atoms with Gasteiger partial charge >= 0.3 is 0 Å². The van der Waals surface area contributed by atoms with E-state index in [4.69, 9.17) is 23.2 Å². The molecule has 1 aliphatic carbocycles. The maximum Gasteiger partial charge on any atom is 0.243 e. The number of halogens is 2. The summed E-state index contributed by atoms with van der Waals surface area (Å²) in [4.78, 5) is 12.0. The van der Waals surface area contributed by atoms with Gasteiger partial charge in [0.25, 0.3) is 0 Å². The molecule has 22 heavy (non-hydrogen) atoms. The fourth-order valence-corrected chi connectivity index (χ4v) is 2.71. The van der Waals surface area contributed by atoms with Gasteiger partial charge in [-0.3, -0.25) is 4.79 Å². The molecule has 2 unspecified atom stereocenters. The van der Waals surface area contributed by atoms with E-state index in [0.29, 0.717) is 16.0 Å². The Balaban J connectivity index is 1.55. The monoisotopic (exact) mass is 332 g/mol. The summed E-state index contributed by atoms with van der Waals surface area (Å²) >= 11 is 11.8. The van der Waals surface area contributed by atoms with Crippen LogP contribution in [0.15, 0.2) is 53.6 Å². The van der Waals surface area contributed by atoms with Crippen LogP contribution in [0, 0.1) is 5.92 Å². The standard InChI is InChI=1S/C17H14Cl2N2O/c18-15-7-6-11(8-16(15)19)10-20-21-17(22)14-9-13(14)12-4-2-1-3-5-12/h1-8,10,13-14H,9H2,(H,21,22)/b20-10+. The van der Waals surface area contributed by atoms with Crippen molar-refractivity contribution in [2.24, 2.45) is 11.0 Å². The van der Waals surface area contributed by atoms with Gasteiger partial charge < -0.3 is 0 Å². The number of benzene rings is 2. The largest absolute Gasteiger partial charge is 0.273 e. The number of amides is 1. The van der Waals surface area contributed by atoms with Crippen LogP contribution >= 0.6 is 23.2 Å². The predicted octanol–water partition coefficient (Wildman–Crippen LogP) is 4.25. The SMILES string of the molecule is O=C(N/N=C/c1ccc(Cl)c(Cl)c1)C1CC1c1ccccc1. The lowest BCUT2D eigenvalue weighted by molar-refractivity contribution is -0.122. The minimum absolute atomic E-state index is 0.00774. The van der Waals surface area contributed by atoms with E-state index in [-0.39, 0.29) is 11.8 Å². The summed E-state index contributed by atoms with van der Waals surface area (Å²) in [6.45, 7) is 0. The first-order valence-corrected chi connectivity index (χ1v) is 7.73. The van der Waals surface area contributed by atoms with Crippen LogP contribution in [-0.2, 0) is 4.79 Å². The van der Waals surface area contributed by atoms with Gasteiger partial charge in [0.1, 0.15) is 0 Å². The number of rotatable bonds is 4. The minimum Gasteiger partial charge on any atom is -0.273 e. The van der Waals surface area contributed by atoms with Crippen LogP contribution in [0.25, 0.3) is 0 Å². The molecular formula is C17H14Cl2N2O. The lowest BCUT2D eigenvalue weighted by Gasteiger charge is -2.00. The van der Waals surface area contributed by atoms with Crippen LogP contribution in [0.1, 0.15) is 23.5 Å². The molecule has 0 aliphatic heterocycles. The summed E-state index contributed by atoms with van der Waals surface area (Å²) in [6.07, 6.45) is 2.43. The Morgan fingerprint density at radius 2 is 1.91 bits per heavy atom.